The van der Waals surface area contributed by atoms with Gasteiger partial charge in [0.15, 0.2) is 0 Å². The Bertz CT molecular complexity index is 1020. The predicted molar refractivity (Wildman–Crippen MR) is 121 cm³/mol. The van der Waals surface area contributed by atoms with Gasteiger partial charge in [-0.2, -0.15) is 0 Å². The van der Waals surface area contributed by atoms with Crippen LogP contribution in [-0.2, 0) is 14.3 Å². The molecule has 168 valence electrons. The van der Waals surface area contributed by atoms with E-state index in [4.69, 9.17) is 4.74 Å². The Morgan fingerprint density at radius 1 is 1.09 bits per heavy atom. The van der Waals surface area contributed by atoms with Crippen LogP contribution in [0.15, 0.2) is 48.5 Å². The molecule has 6 nitrogen and oxygen atoms in total. The van der Waals surface area contributed by atoms with E-state index in [-0.39, 0.29) is 42.9 Å². The normalized spacial score (nSPS) is 23.6. The van der Waals surface area contributed by atoms with Crippen LogP contribution < -0.4 is 0 Å². The van der Waals surface area contributed by atoms with Crippen LogP contribution in [0.2, 0.25) is 0 Å². The van der Waals surface area contributed by atoms with Gasteiger partial charge >= 0.3 is 0 Å². The van der Waals surface area contributed by atoms with Gasteiger partial charge in [-0.3, -0.25) is 9.59 Å². The Morgan fingerprint density at radius 2 is 1.81 bits per heavy atom. The summed E-state index contributed by atoms with van der Waals surface area (Å²) in [6, 6.07) is 16.6. The maximum absolute atomic E-state index is 13.1. The molecule has 2 amide bonds. The molecule has 32 heavy (non-hydrogen) atoms. The number of nitrogens with zero attached hydrogens (tertiary/aromatic N) is 2. The molecule has 0 aromatic heterocycles. The number of rotatable bonds is 6. The van der Waals surface area contributed by atoms with Crippen LogP contribution >= 0.6 is 0 Å². The van der Waals surface area contributed by atoms with Crippen LogP contribution in [0.5, 0.6) is 0 Å². The molecule has 0 bridgehead atoms. The molecule has 2 saturated heterocycles. The Hall–Kier alpha value is -2.70. The first-order valence-corrected chi connectivity index (χ1v) is 11.4. The fraction of sp³-hybridized carbons (Fsp3) is 0.462. The monoisotopic (exact) mass is 434 g/mol. The summed E-state index contributed by atoms with van der Waals surface area (Å²) in [6.07, 6.45) is 1.84. The number of benzene rings is 2. The van der Waals surface area contributed by atoms with Gasteiger partial charge in [0.05, 0.1) is 18.2 Å². The summed E-state index contributed by atoms with van der Waals surface area (Å²) in [5.41, 5.74) is 4.21. The third kappa shape index (κ3) is 3.33. The number of hydrogen-bond acceptors (Lipinski definition) is 4. The highest BCUT2D eigenvalue weighted by Gasteiger charge is 2.68. The quantitative estimate of drug-likeness (QED) is 0.759. The third-order valence-electron chi connectivity index (χ3n) is 7.30. The van der Waals surface area contributed by atoms with E-state index in [9.17, 15) is 14.7 Å². The number of carbonyl (C=O) groups is 2. The van der Waals surface area contributed by atoms with Gasteiger partial charge in [-0.1, -0.05) is 54.1 Å². The van der Waals surface area contributed by atoms with Crippen molar-refractivity contribution in [2.24, 2.45) is 5.92 Å². The van der Waals surface area contributed by atoms with Crippen molar-refractivity contribution >= 4 is 11.8 Å². The van der Waals surface area contributed by atoms with Crippen molar-refractivity contribution < 1.29 is 19.4 Å². The van der Waals surface area contributed by atoms with Crippen LogP contribution in [0.4, 0.5) is 0 Å². The number of likely N-dealkylation sites (tertiary alicyclic amines) is 2. The van der Waals surface area contributed by atoms with Gasteiger partial charge in [0.1, 0.15) is 6.61 Å². The minimum absolute atomic E-state index is 0.00774. The molecule has 0 unspecified atom stereocenters. The first kappa shape index (κ1) is 21.2. The largest absolute Gasteiger partial charge is 0.394 e. The highest BCUT2D eigenvalue weighted by atomic mass is 16.5. The SMILES string of the molecule is COCC(=O)N1CC2(C1)[C@H](c1ccc(-c3cccc(C)c3)cc1)[C@H](CO)N2C(=O)C1CC1. The number of aliphatic hydroxyl groups excluding tert-OH is 1. The summed E-state index contributed by atoms with van der Waals surface area (Å²) < 4.78 is 5.01. The zero-order chi connectivity index (χ0) is 22.5. The predicted octanol–water partition coefficient (Wildman–Crippen LogP) is 2.59. The van der Waals surface area contributed by atoms with Crippen molar-refractivity contribution in [1.82, 2.24) is 9.80 Å². The second-order valence-corrected chi connectivity index (χ2v) is 9.49. The van der Waals surface area contributed by atoms with Gasteiger partial charge in [0.25, 0.3) is 0 Å². The lowest BCUT2D eigenvalue weighted by Crippen LogP contribution is -2.86. The van der Waals surface area contributed by atoms with Crippen molar-refractivity contribution in [2.75, 3.05) is 33.4 Å². The summed E-state index contributed by atoms with van der Waals surface area (Å²) in [5.74, 6) is 0.163. The summed E-state index contributed by atoms with van der Waals surface area (Å²) in [7, 11) is 1.51. The van der Waals surface area contributed by atoms with E-state index in [0.717, 1.165) is 24.0 Å². The number of carbonyl (C=O) groups excluding carboxylic acids is 2. The van der Waals surface area contributed by atoms with Gasteiger partial charge in [-0.05, 0) is 36.5 Å². The Morgan fingerprint density at radius 3 is 2.41 bits per heavy atom. The lowest BCUT2D eigenvalue weighted by Gasteiger charge is -2.70. The minimum Gasteiger partial charge on any atom is -0.394 e. The van der Waals surface area contributed by atoms with Gasteiger partial charge in [-0.15, -0.1) is 0 Å². The van der Waals surface area contributed by atoms with Crippen molar-refractivity contribution in [2.45, 2.75) is 37.3 Å². The van der Waals surface area contributed by atoms with E-state index < -0.39 is 5.54 Å². The Balaban J connectivity index is 1.43. The van der Waals surface area contributed by atoms with Crippen LogP contribution in [0.25, 0.3) is 11.1 Å². The molecule has 2 aromatic carbocycles. The van der Waals surface area contributed by atoms with Crippen LogP contribution in [0, 0.1) is 12.8 Å². The average molecular weight is 435 g/mol. The summed E-state index contributed by atoms with van der Waals surface area (Å²) in [5, 5.41) is 10.2. The summed E-state index contributed by atoms with van der Waals surface area (Å²) >= 11 is 0. The second kappa shape index (κ2) is 8.01. The molecule has 0 radical (unpaired) electrons. The van der Waals surface area contributed by atoms with E-state index in [1.807, 2.05) is 4.90 Å². The smallest absolute Gasteiger partial charge is 0.248 e. The third-order valence-corrected chi connectivity index (χ3v) is 7.30. The molecule has 2 aliphatic heterocycles. The van der Waals surface area contributed by atoms with E-state index in [2.05, 4.69) is 55.5 Å². The summed E-state index contributed by atoms with van der Waals surface area (Å²) in [6.45, 7) is 3.05. The molecule has 2 atom stereocenters. The minimum atomic E-state index is -0.429. The highest BCUT2D eigenvalue weighted by molar-refractivity contribution is 5.86. The number of hydrogen-bond donors (Lipinski definition) is 1. The topological polar surface area (TPSA) is 70.1 Å². The molecular weight excluding hydrogens is 404 g/mol. The molecular formula is C26H30N2O4. The molecule has 1 N–H and O–H groups in total. The van der Waals surface area contributed by atoms with Crippen molar-refractivity contribution in [3.05, 3.63) is 59.7 Å². The molecule has 6 heteroatoms. The van der Waals surface area contributed by atoms with E-state index in [1.165, 1.54) is 18.2 Å². The highest BCUT2D eigenvalue weighted by Crippen LogP contribution is 2.55. The molecule has 2 aromatic rings. The lowest BCUT2D eigenvalue weighted by atomic mass is 9.60. The van der Waals surface area contributed by atoms with Crippen LogP contribution in [0.1, 0.15) is 29.9 Å². The second-order valence-electron chi connectivity index (χ2n) is 9.49. The number of amides is 2. The number of aryl methyl sites for hydroxylation is 1. The molecule has 2 heterocycles. The van der Waals surface area contributed by atoms with Crippen molar-refractivity contribution in [1.29, 1.82) is 0 Å². The molecule has 5 rings (SSSR count). The maximum atomic E-state index is 13.1. The molecule has 1 aliphatic carbocycles. The van der Waals surface area contributed by atoms with E-state index in [1.54, 1.807) is 4.90 Å². The van der Waals surface area contributed by atoms with Crippen LogP contribution in [0.3, 0.4) is 0 Å². The fourth-order valence-corrected chi connectivity index (χ4v) is 5.60. The van der Waals surface area contributed by atoms with E-state index >= 15 is 0 Å². The van der Waals surface area contributed by atoms with Crippen LogP contribution in [-0.4, -0.2) is 71.7 Å². The molecule has 3 aliphatic rings. The fourth-order valence-electron chi connectivity index (χ4n) is 5.60. The van der Waals surface area contributed by atoms with Crippen molar-refractivity contribution in [3.63, 3.8) is 0 Å². The van der Waals surface area contributed by atoms with Gasteiger partial charge in [-0.25, -0.2) is 0 Å². The first-order chi connectivity index (χ1) is 15.5. The van der Waals surface area contributed by atoms with Gasteiger partial charge in [0, 0.05) is 32.0 Å². The standard InChI is InChI=1S/C26H30N2O4/c1-17-4-3-5-21(12-17)18-6-8-19(9-7-18)24-22(13-29)28(25(31)20-10-11-20)26(24)15-27(16-26)23(30)14-32-2/h3-9,12,20,22,24,29H,10-11,13-16H2,1-2H3/t22-,24+/m0/s1. The number of aliphatic hydroxyl groups is 1. The molecule has 1 saturated carbocycles. The lowest BCUT2D eigenvalue weighted by molar-refractivity contribution is -0.205. The molecule has 1 spiro atoms. The van der Waals surface area contributed by atoms with Gasteiger partial charge in [0.2, 0.25) is 11.8 Å². The first-order valence-electron chi connectivity index (χ1n) is 11.4. The maximum Gasteiger partial charge on any atom is 0.248 e. The Labute approximate surface area is 188 Å². The number of methoxy groups -OCH3 is 1. The average Bonchev–Trinajstić information content (AvgIpc) is 3.58. The van der Waals surface area contributed by atoms with Gasteiger partial charge < -0.3 is 19.6 Å². The van der Waals surface area contributed by atoms with E-state index in [0.29, 0.717) is 13.1 Å². The zero-order valence-corrected chi connectivity index (χ0v) is 18.7. The summed E-state index contributed by atoms with van der Waals surface area (Å²) in [4.78, 5) is 29.1. The number of ether oxygens (including phenoxy) is 1. The molecule has 3 fully saturated rings. The van der Waals surface area contributed by atoms with Crippen molar-refractivity contribution in [3.8, 4) is 11.1 Å². The zero-order valence-electron chi connectivity index (χ0n) is 18.7. The Kier molecular flexibility index (Phi) is 5.30.